The minimum atomic E-state index is 0.252. The molecular formula is C20H21ClN4O. The molecule has 6 heteroatoms. The van der Waals surface area contributed by atoms with Crippen molar-refractivity contribution in [1.82, 2.24) is 9.97 Å². The van der Waals surface area contributed by atoms with Crippen LogP contribution in [-0.4, -0.2) is 23.1 Å². The third kappa shape index (κ3) is 4.43. The van der Waals surface area contributed by atoms with Crippen LogP contribution in [0.5, 0.6) is 5.75 Å². The Morgan fingerprint density at radius 1 is 0.962 bits per heavy atom. The number of nitrogens with zero attached hydrogens (tertiary/aromatic N) is 2. The van der Waals surface area contributed by atoms with Crippen LogP contribution in [0.25, 0.3) is 11.4 Å². The van der Waals surface area contributed by atoms with E-state index >= 15 is 0 Å². The molecule has 1 heterocycles. The van der Waals surface area contributed by atoms with Crippen molar-refractivity contribution in [2.45, 2.75) is 19.9 Å². The third-order valence-electron chi connectivity index (χ3n) is 3.62. The number of hydrogen-bond acceptors (Lipinski definition) is 5. The minimum Gasteiger partial charge on any atom is -0.495 e. The molecule has 26 heavy (non-hydrogen) atoms. The maximum absolute atomic E-state index is 6.13. The second kappa shape index (κ2) is 8.06. The van der Waals surface area contributed by atoms with Gasteiger partial charge in [-0.1, -0.05) is 41.9 Å². The van der Waals surface area contributed by atoms with Gasteiger partial charge in [-0.15, -0.1) is 0 Å². The maximum Gasteiger partial charge on any atom is 0.163 e. The van der Waals surface area contributed by atoms with Crippen LogP contribution in [0.4, 0.5) is 17.3 Å². The van der Waals surface area contributed by atoms with E-state index in [0.29, 0.717) is 22.4 Å². The number of benzene rings is 2. The Labute approximate surface area is 158 Å². The first-order valence-corrected chi connectivity index (χ1v) is 8.74. The van der Waals surface area contributed by atoms with Gasteiger partial charge >= 0.3 is 0 Å². The first-order chi connectivity index (χ1) is 12.5. The zero-order chi connectivity index (χ0) is 18.5. The van der Waals surface area contributed by atoms with Crippen LogP contribution in [-0.2, 0) is 0 Å². The van der Waals surface area contributed by atoms with E-state index in [0.717, 1.165) is 17.1 Å². The SMILES string of the molecule is COc1ccc(Cl)cc1Nc1cc(NC(C)C)nc(-c2ccccc2)n1. The molecule has 0 radical (unpaired) electrons. The molecule has 0 unspecified atom stereocenters. The van der Waals surface area contributed by atoms with Crippen molar-refractivity contribution in [3.05, 3.63) is 59.6 Å². The molecular weight excluding hydrogens is 348 g/mol. The van der Waals surface area contributed by atoms with E-state index in [1.807, 2.05) is 42.5 Å². The lowest BCUT2D eigenvalue weighted by atomic mass is 10.2. The standard InChI is InChI=1S/C20H21ClN4O/c1-13(2)22-18-12-19(23-16-11-15(21)9-10-17(16)26-3)25-20(24-18)14-7-5-4-6-8-14/h4-13H,1-3H3,(H2,22,23,24,25). The number of rotatable bonds is 6. The zero-order valence-corrected chi connectivity index (χ0v) is 15.7. The van der Waals surface area contributed by atoms with E-state index in [2.05, 4.69) is 34.4 Å². The van der Waals surface area contributed by atoms with Crippen molar-refractivity contribution >= 4 is 28.9 Å². The number of aromatic nitrogens is 2. The minimum absolute atomic E-state index is 0.252. The average molecular weight is 369 g/mol. The maximum atomic E-state index is 6.13. The molecule has 0 bridgehead atoms. The summed E-state index contributed by atoms with van der Waals surface area (Å²) in [6.07, 6.45) is 0. The normalized spacial score (nSPS) is 10.7. The summed E-state index contributed by atoms with van der Waals surface area (Å²) in [5.41, 5.74) is 1.69. The summed E-state index contributed by atoms with van der Waals surface area (Å²) in [6, 6.07) is 17.4. The Bertz CT molecular complexity index is 884. The summed E-state index contributed by atoms with van der Waals surface area (Å²) in [6.45, 7) is 4.13. The molecule has 5 nitrogen and oxygen atoms in total. The predicted octanol–water partition coefficient (Wildman–Crippen LogP) is 5.37. The van der Waals surface area contributed by atoms with Gasteiger partial charge in [-0.05, 0) is 32.0 Å². The van der Waals surface area contributed by atoms with Gasteiger partial charge in [-0.3, -0.25) is 0 Å². The average Bonchev–Trinajstić information content (AvgIpc) is 2.62. The van der Waals surface area contributed by atoms with Gasteiger partial charge in [0.15, 0.2) is 5.82 Å². The molecule has 0 amide bonds. The van der Waals surface area contributed by atoms with Gasteiger partial charge in [0.1, 0.15) is 17.4 Å². The van der Waals surface area contributed by atoms with Gasteiger partial charge in [0.25, 0.3) is 0 Å². The number of methoxy groups -OCH3 is 1. The highest BCUT2D eigenvalue weighted by Gasteiger charge is 2.10. The summed E-state index contributed by atoms with van der Waals surface area (Å²) < 4.78 is 5.40. The molecule has 0 aliphatic carbocycles. The fourth-order valence-electron chi connectivity index (χ4n) is 2.51. The van der Waals surface area contributed by atoms with Gasteiger partial charge in [0.05, 0.1) is 12.8 Å². The topological polar surface area (TPSA) is 59.1 Å². The molecule has 0 saturated heterocycles. The van der Waals surface area contributed by atoms with Crippen molar-refractivity contribution in [2.24, 2.45) is 0 Å². The molecule has 0 fully saturated rings. The van der Waals surface area contributed by atoms with Crippen LogP contribution in [0.1, 0.15) is 13.8 Å². The molecule has 0 aliphatic heterocycles. The van der Waals surface area contributed by atoms with Crippen LogP contribution in [0.15, 0.2) is 54.6 Å². The van der Waals surface area contributed by atoms with Crippen LogP contribution >= 0.6 is 11.6 Å². The molecule has 1 aromatic heterocycles. The zero-order valence-electron chi connectivity index (χ0n) is 15.0. The molecule has 2 N–H and O–H groups in total. The van der Waals surface area contributed by atoms with Crippen molar-refractivity contribution < 1.29 is 4.74 Å². The van der Waals surface area contributed by atoms with Crippen LogP contribution < -0.4 is 15.4 Å². The summed E-state index contributed by atoms with van der Waals surface area (Å²) in [5.74, 6) is 2.73. The number of nitrogens with one attached hydrogen (secondary N) is 2. The largest absolute Gasteiger partial charge is 0.495 e. The Kier molecular flexibility index (Phi) is 5.58. The van der Waals surface area contributed by atoms with E-state index in [-0.39, 0.29) is 6.04 Å². The van der Waals surface area contributed by atoms with Gasteiger partial charge in [-0.25, -0.2) is 9.97 Å². The number of halogens is 1. The fraction of sp³-hybridized carbons (Fsp3) is 0.200. The fourth-order valence-corrected chi connectivity index (χ4v) is 2.69. The number of hydrogen-bond donors (Lipinski definition) is 2. The third-order valence-corrected chi connectivity index (χ3v) is 3.85. The smallest absolute Gasteiger partial charge is 0.163 e. The van der Waals surface area contributed by atoms with Crippen molar-refractivity contribution in [3.63, 3.8) is 0 Å². The Morgan fingerprint density at radius 2 is 1.69 bits per heavy atom. The van der Waals surface area contributed by atoms with Crippen molar-refractivity contribution in [1.29, 1.82) is 0 Å². The van der Waals surface area contributed by atoms with Crippen LogP contribution in [0.3, 0.4) is 0 Å². The number of anilines is 3. The van der Waals surface area contributed by atoms with Gasteiger partial charge in [0, 0.05) is 22.7 Å². The van der Waals surface area contributed by atoms with E-state index in [9.17, 15) is 0 Å². The van der Waals surface area contributed by atoms with Crippen molar-refractivity contribution in [2.75, 3.05) is 17.7 Å². The monoisotopic (exact) mass is 368 g/mol. The number of ether oxygens (including phenoxy) is 1. The van der Waals surface area contributed by atoms with E-state index in [4.69, 9.17) is 16.3 Å². The first-order valence-electron chi connectivity index (χ1n) is 8.37. The second-order valence-electron chi connectivity index (χ2n) is 6.10. The molecule has 3 aromatic rings. The van der Waals surface area contributed by atoms with Crippen LogP contribution in [0, 0.1) is 0 Å². The Morgan fingerprint density at radius 3 is 2.38 bits per heavy atom. The van der Waals surface area contributed by atoms with Gasteiger partial charge in [-0.2, -0.15) is 0 Å². The molecule has 0 spiro atoms. The molecule has 0 saturated carbocycles. The second-order valence-corrected chi connectivity index (χ2v) is 6.53. The predicted molar refractivity (Wildman–Crippen MR) is 108 cm³/mol. The molecule has 0 aliphatic rings. The highest BCUT2D eigenvalue weighted by molar-refractivity contribution is 6.31. The summed E-state index contributed by atoms with van der Waals surface area (Å²) in [5, 5.41) is 7.24. The summed E-state index contributed by atoms with van der Waals surface area (Å²) >= 11 is 6.13. The molecule has 134 valence electrons. The van der Waals surface area contributed by atoms with E-state index in [1.54, 1.807) is 19.2 Å². The Balaban J connectivity index is 2.02. The molecule has 0 atom stereocenters. The summed E-state index contributed by atoms with van der Waals surface area (Å²) in [4.78, 5) is 9.28. The van der Waals surface area contributed by atoms with Crippen molar-refractivity contribution in [3.8, 4) is 17.1 Å². The molecule has 2 aromatic carbocycles. The molecule has 3 rings (SSSR count). The van der Waals surface area contributed by atoms with E-state index < -0.39 is 0 Å². The lowest BCUT2D eigenvalue weighted by Gasteiger charge is -2.15. The van der Waals surface area contributed by atoms with Crippen LogP contribution in [0.2, 0.25) is 5.02 Å². The highest BCUT2D eigenvalue weighted by Crippen LogP contribution is 2.31. The van der Waals surface area contributed by atoms with E-state index in [1.165, 1.54) is 0 Å². The highest BCUT2D eigenvalue weighted by atomic mass is 35.5. The quantitative estimate of drug-likeness (QED) is 0.612. The Hall–Kier alpha value is -2.79. The first kappa shape index (κ1) is 18.0. The lowest BCUT2D eigenvalue weighted by Crippen LogP contribution is -2.12. The summed E-state index contributed by atoms with van der Waals surface area (Å²) in [7, 11) is 1.62. The van der Waals surface area contributed by atoms with Gasteiger partial charge < -0.3 is 15.4 Å². The lowest BCUT2D eigenvalue weighted by molar-refractivity contribution is 0.417. The van der Waals surface area contributed by atoms with Gasteiger partial charge in [0.2, 0.25) is 0 Å².